The van der Waals surface area contributed by atoms with Crippen LogP contribution in [0.5, 0.6) is 0 Å². The maximum absolute atomic E-state index is 11.4. The number of carbonyl (C=O) groups is 1. The minimum atomic E-state index is -0.618. The Balaban J connectivity index is 2.37. The average molecular weight is 242 g/mol. The highest BCUT2D eigenvalue weighted by atomic mass is 16.5. The van der Waals surface area contributed by atoms with E-state index in [0.29, 0.717) is 18.9 Å². The molecule has 0 aliphatic heterocycles. The summed E-state index contributed by atoms with van der Waals surface area (Å²) in [6.07, 6.45) is 6.72. The van der Waals surface area contributed by atoms with E-state index in [1.165, 1.54) is 0 Å². The monoisotopic (exact) mass is 242 g/mol. The Morgan fingerprint density at radius 1 is 1.41 bits per heavy atom. The van der Waals surface area contributed by atoms with Gasteiger partial charge in [0.25, 0.3) is 0 Å². The van der Waals surface area contributed by atoms with Gasteiger partial charge in [0, 0.05) is 13.2 Å². The van der Waals surface area contributed by atoms with E-state index in [9.17, 15) is 9.90 Å². The number of ether oxygens (including phenoxy) is 1. The van der Waals surface area contributed by atoms with E-state index in [0.717, 1.165) is 45.1 Å². The summed E-state index contributed by atoms with van der Waals surface area (Å²) in [7, 11) is 0. The Morgan fingerprint density at radius 3 is 2.71 bits per heavy atom. The Kier molecular flexibility index (Phi) is 5.96. The van der Waals surface area contributed by atoms with Crippen LogP contribution < -0.4 is 0 Å². The molecule has 1 fully saturated rings. The first-order valence-corrected chi connectivity index (χ1v) is 6.95. The number of hydrogen-bond acceptors (Lipinski definition) is 2. The van der Waals surface area contributed by atoms with Crippen molar-refractivity contribution in [3.8, 4) is 0 Å². The van der Waals surface area contributed by atoms with Crippen molar-refractivity contribution in [1.82, 2.24) is 0 Å². The van der Waals surface area contributed by atoms with E-state index in [1.807, 2.05) is 0 Å². The fourth-order valence-corrected chi connectivity index (χ4v) is 2.73. The van der Waals surface area contributed by atoms with Gasteiger partial charge in [-0.15, -0.1) is 0 Å². The molecule has 1 N–H and O–H groups in total. The molecule has 100 valence electrons. The fourth-order valence-electron chi connectivity index (χ4n) is 2.73. The summed E-state index contributed by atoms with van der Waals surface area (Å²) in [6.45, 7) is 5.65. The van der Waals surface area contributed by atoms with E-state index in [4.69, 9.17) is 4.74 Å². The van der Waals surface area contributed by atoms with Gasteiger partial charge in [0.1, 0.15) is 0 Å². The fraction of sp³-hybridized carbons (Fsp3) is 0.929. The van der Waals surface area contributed by atoms with Crippen LogP contribution in [0.25, 0.3) is 0 Å². The zero-order chi connectivity index (χ0) is 12.7. The van der Waals surface area contributed by atoms with Crippen LogP contribution in [-0.4, -0.2) is 24.3 Å². The summed E-state index contributed by atoms with van der Waals surface area (Å²) in [6, 6.07) is 0. The SMILES string of the molecule is CCCCOCCC1(C(=O)O)CCC(CC)C1. The molecular formula is C14H26O3. The molecular weight excluding hydrogens is 216 g/mol. The topological polar surface area (TPSA) is 46.5 Å². The van der Waals surface area contributed by atoms with Crippen molar-refractivity contribution in [2.75, 3.05) is 13.2 Å². The quantitative estimate of drug-likeness (QED) is 0.663. The molecule has 0 radical (unpaired) electrons. The molecule has 17 heavy (non-hydrogen) atoms. The lowest BCUT2D eigenvalue weighted by Gasteiger charge is -2.24. The third-order valence-electron chi connectivity index (χ3n) is 4.11. The minimum Gasteiger partial charge on any atom is -0.481 e. The first-order chi connectivity index (χ1) is 8.14. The molecule has 0 aromatic rings. The highest BCUT2D eigenvalue weighted by Crippen LogP contribution is 2.45. The summed E-state index contributed by atoms with van der Waals surface area (Å²) < 4.78 is 5.52. The van der Waals surface area contributed by atoms with Crippen molar-refractivity contribution in [3.63, 3.8) is 0 Å². The minimum absolute atomic E-state index is 0.493. The first kappa shape index (κ1) is 14.5. The molecule has 0 aromatic heterocycles. The molecule has 2 atom stereocenters. The summed E-state index contributed by atoms with van der Waals surface area (Å²) in [5.74, 6) is -0.0192. The van der Waals surface area contributed by atoms with Gasteiger partial charge in [-0.3, -0.25) is 4.79 Å². The van der Waals surface area contributed by atoms with Crippen LogP contribution in [0.15, 0.2) is 0 Å². The van der Waals surface area contributed by atoms with Gasteiger partial charge < -0.3 is 9.84 Å². The molecule has 3 nitrogen and oxygen atoms in total. The van der Waals surface area contributed by atoms with Gasteiger partial charge in [-0.25, -0.2) is 0 Å². The van der Waals surface area contributed by atoms with E-state index in [2.05, 4.69) is 13.8 Å². The second kappa shape index (κ2) is 7.00. The summed E-state index contributed by atoms with van der Waals surface area (Å²) >= 11 is 0. The van der Waals surface area contributed by atoms with Crippen LogP contribution in [0.3, 0.4) is 0 Å². The molecule has 1 rings (SSSR count). The van der Waals surface area contributed by atoms with Gasteiger partial charge >= 0.3 is 5.97 Å². The third-order valence-corrected chi connectivity index (χ3v) is 4.11. The van der Waals surface area contributed by atoms with Crippen molar-refractivity contribution in [3.05, 3.63) is 0 Å². The molecule has 0 heterocycles. The summed E-state index contributed by atoms with van der Waals surface area (Å²) in [5, 5.41) is 9.42. The first-order valence-electron chi connectivity index (χ1n) is 6.95. The maximum atomic E-state index is 11.4. The second-order valence-corrected chi connectivity index (χ2v) is 5.32. The second-order valence-electron chi connectivity index (χ2n) is 5.32. The van der Waals surface area contributed by atoms with E-state index >= 15 is 0 Å². The third kappa shape index (κ3) is 3.98. The Bertz CT molecular complexity index is 240. The van der Waals surface area contributed by atoms with Crippen LogP contribution in [0, 0.1) is 11.3 Å². The lowest BCUT2D eigenvalue weighted by atomic mass is 9.82. The number of rotatable bonds is 8. The van der Waals surface area contributed by atoms with E-state index in [1.54, 1.807) is 0 Å². The Hall–Kier alpha value is -0.570. The Morgan fingerprint density at radius 2 is 2.18 bits per heavy atom. The molecule has 1 aliphatic rings. The highest BCUT2D eigenvalue weighted by molar-refractivity contribution is 5.75. The zero-order valence-corrected chi connectivity index (χ0v) is 11.2. The van der Waals surface area contributed by atoms with Gasteiger partial charge in [0.05, 0.1) is 5.41 Å². The number of unbranched alkanes of at least 4 members (excludes halogenated alkanes) is 1. The molecule has 0 aromatic carbocycles. The Labute approximate surface area is 105 Å². The van der Waals surface area contributed by atoms with Crippen molar-refractivity contribution >= 4 is 5.97 Å². The van der Waals surface area contributed by atoms with Crippen molar-refractivity contribution < 1.29 is 14.6 Å². The predicted molar refractivity (Wildman–Crippen MR) is 68.0 cm³/mol. The highest BCUT2D eigenvalue weighted by Gasteiger charge is 2.44. The van der Waals surface area contributed by atoms with Gasteiger partial charge in [0.2, 0.25) is 0 Å². The van der Waals surface area contributed by atoms with E-state index < -0.39 is 11.4 Å². The summed E-state index contributed by atoms with van der Waals surface area (Å²) in [5.41, 5.74) is -0.493. The van der Waals surface area contributed by atoms with Gasteiger partial charge in [-0.05, 0) is 38.0 Å². The summed E-state index contributed by atoms with van der Waals surface area (Å²) in [4.78, 5) is 11.4. The van der Waals surface area contributed by atoms with Crippen LogP contribution >= 0.6 is 0 Å². The lowest BCUT2D eigenvalue weighted by Crippen LogP contribution is -2.29. The molecule has 3 heteroatoms. The molecule has 0 saturated heterocycles. The average Bonchev–Trinajstić information content (AvgIpc) is 2.74. The zero-order valence-electron chi connectivity index (χ0n) is 11.2. The molecule has 0 amide bonds. The number of hydrogen-bond donors (Lipinski definition) is 1. The predicted octanol–water partition coefficient (Wildman–Crippen LogP) is 3.47. The van der Waals surface area contributed by atoms with Crippen LogP contribution in [0.1, 0.15) is 58.8 Å². The number of carboxylic acids is 1. The normalized spacial score (nSPS) is 28.5. The molecule has 1 aliphatic carbocycles. The molecule has 0 bridgehead atoms. The standard InChI is InChI=1S/C14H26O3/c1-3-5-9-17-10-8-14(13(15)16)7-6-12(4-2)11-14/h12H,3-11H2,1-2H3,(H,15,16). The largest absolute Gasteiger partial charge is 0.481 e. The van der Waals surface area contributed by atoms with Crippen molar-refractivity contribution in [1.29, 1.82) is 0 Å². The van der Waals surface area contributed by atoms with Crippen molar-refractivity contribution in [2.45, 2.75) is 58.8 Å². The van der Waals surface area contributed by atoms with Crippen LogP contribution in [-0.2, 0) is 9.53 Å². The van der Waals surface area contributed by atoms with Crippen LogP contribution in [0.4, 0.5) is 0 Å². The van der Waals surface area contributed by atoms with Gasteiger partial charge in [-0.1, -0.05) is 26.7 Å². The molecule has 2 unspecified atom stereocenters. The van der Waals surface area contributed by atoms with E-state index in [-0.39, 0.29) is 0 Å². The maximum Gasteiger partial charge on any atom is 0.309 e. The van der Waals surface area contributed by atoms with Crippen LogP contribution in [0.2, 0.25) is 0 Å². The van der Waals surface area contributed by atoms with Gasteiger partial charge in [0.15, 0.2) is 0 Å². The molecule has 1 saturated carbocycles. The van der Waals surface area contributed by atoms with Crippen molar-refractivity contribution in [2.24, 2.45) is 11.3 Å². The van der Waals surface area contributed by atoms with Gasteiger partial charge in [-0.2, -0.15) is 0 Å². The molecule has 0 spiro atoms. The lowest BCUT2D eigenvalue weighted by molar-refractivity contribution is -0.150. The smallest absolute Gasteiger partial charge is 0.309 e. The number of aliphatic carboxylic acids is 1. The number of carboxylic acid groups (broad SMARTS) is 1.